The Morgan fingerprint density at radius 1 is 1.07 bits per heavy atom. The van der Waals surface area contributed by atoms with Crippen molar-refractivity contribution < 1.29 is 19.1 Å². The van der Waals surface area contributed by atoms with E-state index in [1.165, 1.54) is 0 Å². The van der Waals surface area contributed by atoms with Crippen LogP contribution in [0.2, 0.25) is 0 Å². The summed E-state index contributed by atoms with van der Waals surface area (Å²) < 4.78 is 12.0. The molecule has 0 spiro atoms. The van der Waals surface area contributed by atoms with E-state index < -0.39 is 0 Å². The Morgan fingerprint density at radius 3 is 2.52 bits per heavy atom. The highest BCUT2D eigenvalue weighted by Gasteiger charge is 2.14. The normalized spacial score (nSPS) is 12.4. The Morgan fingerprint density at radius 2 is 1.78 bits per heavy atom. The van der Waals surface area contributed by atoms with Gasteiger partial charge in [0.05, 0.1) is 0 Å². The monoisotopic (exact) mass is 432 g/mol. The highest BCUT2D eigenvalue weighted by Crippen LogP contribution is 2.31. The van der Waals surface area contributed by atoms with E-state index in [0.29, 0.717) is 37.6 Å². The van der Waals surface area contributed by atoms with Gasteiger partial charge in [0.25, 0.3) is 5.91 Å². The third-order valence-corrected chi connectivity index (χ3v) is 4.71. The number of carbonyl (C=O) groups excluding carboxylic acids is 2. The number of amides is 2. The van der Waals surface area contributed by atoms with Gasteiger partial charge >= 0.3 is 0 Å². The van der Waals surface area contributed by atoms with Crippen LogP contribution < -0.4 is 14.8 Å². The first-order chi connectivity index (χ1) is 13.0. The number of nitrogens with one attached hydrogen (secondary N) is 1. The summed E-state index contributed by atoms with van der Waals surface area (Å²) in [6, 6.07) is 12.8. The summed E-state index contributed by atoms with van der Waals surface area (Å²) in [4.78, 5) is 26.0. The molecule has 2 aromatic carbocycles. The molecule has 1 heterocycles. The fourth-order valence-electron chi connectivity index (χ4n) is 2.73. The van der Waals surface area contributed by atoms with Crippen molar-refractivity contribution in [1.82, 2.24) is 10.2 Å². The molecule has 2 amide bonds. The van der Waals surface area contributed by atoms with Crippen LogP contribution in [-0.4, -0.2) is 43.5 Å². The van der Waals surface area contributed by atoms with E-state index in [4.69, 9.17) is 9.47 Å². The zero-order chi connectivity index (χ0) is 19.2. The predicted molar refractivity (Wildman–Crippen MR) is 105 cm³/mol. The Labute approximate surface area is 166 Å². The molecule has 0 saturated carbocycles. The summed E-state index contributed by atoms with van der Waals surface area (Å²) in [6.45, 7) is 1.84. The van der Waals surface area contributed by atoms with Gasteiger partial charge in [0, 0.05) is 36.6 Å². The molecule has 2 aromatic rings. The van der Waals surface area contributed by atoms with Gasteiger partial charge in [0.2, 0.25) is 5.91 Å². The standard InChI is InChI=1S/C20H21BrN2O4/c1-23(13-14-2-7-17-18(12-14)27-11-10-26-17)19(24)8-9-22-20(25)15-3-5-16(21)6-4-15/h2-7,12H,8-11,13H2,1H3,(H,22,25). The summed E-state index contributed by atoms with van der Waals surface area (Å²) in [5.41, 5.74) is 1.53. The van der Waals surface area contributed by atoms with Gasteiger partial charge in [-0.2, -0.15) is 0 Å². The van der Waals surface area contributed by atoms with Crippen LogP contribution in [0.1, 0.15) is 22.3 Å². The summed E-state index contributed by atoms with van der Waals surface area (Å²) in [7, 11) is 1.75. The van der Waals surface area contributed by atoms with Gasteiger partial charge in [-0.25, -0.2) is 0 Å². The fraction of sp³-hybridized carbons (Fsp3) is 0.300. The second kappa shape index (κ2) is 8.90. The average Bonchev–Trinajstić information content (AvgIpc) is 2.68. The molecule has 0 aliphatic carbocycles. The smallest absolute Gasteiger partial charge is 0.251 e. The minimum atomic E-state index is -0.190. The Bertz CT molecular complexity index is 823. The van der Waals surface area contributed by atoms with Crippen molar-refractivity contribution >= 4 is 27.7 Å². The number of halogens is 1. The molecule has 0 radical (unpaired) electrons. The van der Waals surface area contributed by atoms with E-state index in [1.807, 2.05) is 18.2 Å². The first kappa shape index (κ1) is 19.2. The van der Waals surface area contributed by atoms with Crippen LogP contribution >= 0.6 is 15.9 Å². The van der Waals surface area contributed by atoms with Gasteiger partial charge in [-0.05, 0) is 42.0 Å². The average molecular weight is 433 g/mol. The molecule has 1 aliphatic heterocycles. The van der Waals surface area contributed by atoms with E-state index in [0.717, 1.165) is 15.8 Å². The molecular formula is C20H21BrN2O4. The number of hydrogen-bond acceptors (Lipinski definition) is 4. The fourth-order valence-corrected chi connectivity index (χ4v) is 2.99. The maximum absolute atomic E-state index is 12.3. The van der Waals surface area contributed by atoms with Crippen LogP contribution in [0.4, 0.5) is 0 Å². The summed E-state index contributed by atoms with van der Waals surface area (Å²) in [5, 5.41) is 2.77. The van der Waals surface area contributed by atoms with E-state index in [9.17, 15) is 9.59 Å². The highest BCUT2D eigenvalue weighted by molar-refractivity contribution is 9.10. The lowest BCUT2D eigenvalue weighted by Crippen LogP contribution is -2.31. The van der Waals surface area contributed by atoms with Gasteiger partial charge in [-0.3, -0.25) is 9.59 Å². The predicted octanol–water partition coefficient (Wildman–Crippen LogP) is 3.00. The van der Waals surface area contributed by atoms with Gasteiger partial charge in [0.1, 0.15) is 13.2 Å². The molecule has 0 aromatic heterocycles. The molecule has 0 saturated heterocycles. The summed E-state index contributed by atoms with van der Waals surface area (Å²) in [5.74, 6) is 1.21. The zero-order valence-electron chi connectivity index (χ0n) is 15.0. The van der Waals surface area contributed by atoms with Crippen molar-refractivity contribution in [3.8, 4) is 11.5 Å². The maximum Gasteiger partial charge on any atom is 0.251 e. The van der Waals surface area contributed by atoms with Crippen LogP contribution in [0.3, 0.4) is 0 Å². The van der Waals surface area contributed by atoms with Crippen molar-refractivity contribution in [1.29, 1.82) is 0 Å². The van der Waals surface area contributed by atoms with Crippen LogP contribution in [-0.2, 0) is 11.3 Å². The van der Waals surface area contributed by atoms with Crippen LogP contribution in [0.25, 0.3) is 0 Å². The molecule has 6 nitrogen and oxygen atoms in total. The number of rotatable bonds is 6. The molecule has 1 aliphatic rings. The van der Waals surface area contributed by atoms with Crippen molar-refractivity contribution in [2.24, 2.45) is 0 Å². The minimum absolute atomic E-state index is 0.0407. The van der Waals surface area contributed by atoms with E-state index in [1.54, 1.807) is 36.2 Å². The van der Waals surface area contributed by atoms with Crippen molar-refractivity contribution in [2.75, 3.05) is 26.8 Å². The molecular weight excluding hydrogens is 412 g/mol. The van der Waals surface area contributed by atoms with Crippen molar-refractivity contribution in [2.45, 2.75) is 13.0 Å². The van der Waals surface area contributed by atoms with E-state index in [2.05, 4.69) is 21.2 Å². The quantitative estimate of drug-likeness (QED) is 0.761. The van der Waals surface area contributed by atoms with E-state index >= 15 is 0 Å². The first-order valence-corrected chi connectivity index (χ1v) is 9.48. The Kier molecular flexibility index (Phi) is 6.34. The van der Waals surface area contributed by atoms with E-state index in [-0.39, 0.29) is 18.2 Å². The highest BCUT2D eigenvalue weighted by atomic mass is 79.9. The number of hydrogen-bond donors (Lipinski definition) is 1. The lowest BCUT2D eigenvalue weighted by Gasteiger charge is -2.21. The molecule has 0 atom stereocenters. The number of fused-ring (bicyclic) bond motifs is 1. The molecule has 27 heavy (non-hydrogen) atoms. The third-order valence-electron chi connectivity index (χ3n) is 4.18. The topological polar surface area (TPSA) is 67.9 Å². The van der Waals surface area contributed by atoms with Crippen LogP contribution in [0.15, 0.2) is 46.9 Å². The largest absolute Gasteiger partial charge is 0.486 e. The molecule has 0 bridgehead atoms. The number of nitrogens with zero attached hydrogens (tertiary/aromatic N) is 1. The molecule has 1 N–H and O–H groups in total. The molecule has 142 valence electrons. The molecule has 0 unspecified atom stereocenters. The van der Waals surface area contributed by atoms with Crippen LogP contribution in [0.5, 0.6) is 11.5 Å². The number of benzene rings is 2. The zero-order valence-corrected chi connectivity index (χ0v) is 16.6. The lowest BCUT2D eigenvalue weighted by atomic mass is 10.1. The molecule has 3 rings (SSSR count). The number of carbonyl (C=O) groups is 2. The van der Waals surface area contributed by atoms with Crippen molar-refractivity contribution in [3.05, 3.63) is 58.1 Å². The van der Waals surface area contributed by atoms with Gasteiger partial charge < -0.3 is 19.7 Å². The minimum Gasteiger partial charge on any atom is -0.486 e. The van der Waals surface area contributed by atoms with Gasteiger partial charge in [-0.1, -0.05) is 22.0 Å². The summed E-state index contributed by atoms with van der Waals surface area (Å²) in [6.07, 6.45) is 0.239. The van der Waals surface area contributed by atoms with Crippen LogP contribution in [0, 0.1) is 0 Å². The third kappa shape index (κ3) is 5.23. The molecule has 7 heteroatoms. The van der Waals surface area contributed by atoms with Gasteiger partial charge in [-0.15, -0.1) is 0 Å². The molecule has 0 fully saturated rings. The summed E-state index contributed by atoms with van der Waals surface area (Å²) >= 11 is 3.33. The van der Waals surface area contributed by atoms with Crippen molar-refractivity contribution in [3.63, 3.8) is 0 Å². The number of ether oxygens (including phenoxy) is 2. The Hall–Kier alpha value is -2.54. The Balaban J connectivity index is 1.46. The SMILES string of the molecule is CN(Cc1ccc2c(c1)OCCO2)C(=O)CCNC(=O)c1ccc(Br)cc1. The maximum atomic E-state index is 12.3. The first-order valence-electron chi connectivity index (χ1n) is 8.69. The second-order valence-electron chi connectivity index (χ2n) is 6.24. The lowest BCUT2D eigenvalue weighted by molar-refractivity contribution is -0.130. The second-order valence-corrected chi connectivity index (χ2v) is 7.16. The van der Waals surface area contributed by atoms with Gasteiger partial charge in [0.15, 0.2) is 11.5 Å².